The summed E-state index contributed by atoms with van der Waals surface area (Å²) in [4.78, 5) is 18.1. The summed E-state index contributed by atoms with van der Waals surface area (Å²) in [6.45, 7) is 5.54. The van der Waals surface area contributed by atoms with Gasteiger partial charge in [0.25, 0.3) is 0 Å². The number of likely N-dealkylation sites (N-methyl/N-ethyl adjacent to an activating group) is 1. The van der Waals surface area contributed by atoms with Crippen LogP contribution in [0.4, 0.5) is 4.39 Å². The summed E-state index contributed by atoms with van der Waals surface area (Å²) in [5, 5.41) is 7.34. The maximum atomic E-state index is 14.0. The topological polar surface area (TPSA) is 78.3 Å². The molecule has 9 heteroatoms. The Morgan fingerprint density at radius 2 is 1.57 bits per heavy atom. The summed E-state index contributed by atoms with van der Waals surface area (Å²) in [6.07, 6.45) is 5.38. The van der Waals surface area contributed by atoms with E-state index >= 15 is 0 Å². The predicted molar refractivity (Wildman–Crippen MR) is 165 cm³/mol. The third-order valence-electron chi connectivity index (χ3n) is 6.73. The highest BCUT2D eigenvalue weighted by Gasteiger charge is 2.20. The Morgan fingerprint density at radius 1 is 0.905 bits per heavy atom. The van der Waals surface area contributed by atoms with Gasteiger partial charge in [0.05, 0.1) is 26.1 Å². The van der Waals surface area contributed by atoms with Crippen molar-refractivity contribution in [3.05, 3.63) is 89.0 Å². The Morgan fingerprint density at radius 3 is 2.17 bits per heavy atom. The predicted octanol–water partition coefficient (Wildman–Crippen LogP) is 5.97. The van der Waals surface area contributed by atoms with Crippen LogP contribution in [-0.4, -0.2) is 75.3 Å². The smallest absolute Gasteiger partial charge is 0.153 e. The molecule has 0 fully saturated rings. The van der Waals surface area contributed by atoms with Crippen molar-refractivity contribution < 1.29 is 23.4 Å². The monoisotopic (exact) mass is 576 g/mol. The quantitative estimate of drug-likeness (QED) is 0.136. The minimum atomic E-state index is -0.324. The number of nitrogens with zero attached hydrogens (tertiary/aromatic N) is 3. The van der Waals surface area contributed by atoms with E-state index in [9.17, 15) is 9.18 Å². The van der Waals surface area contributed by atoms with Crippen molar-refractivity contribution in [1.29, 1.82) is 5.41 Å². The molecule has 0 bridgehead atoms. The first-order chi connectivity index (χ1) is 20.1. The minimum Gasteiger partial charge on any atom is -0.497 e. The largest absolute Gasteiger partial charge is 0.497 e. The van der Waals surface area contributed by atoms with Crippen LogP contribution in [0.3, 0.4) is 0 Å². The Labute approximate surface area is 248 Å². The highest BCUT2D eigenvalue weighted by Crippen LogP contribution is 2.37. The summed E-state index contributed by atoms with van der Waals surface area (Å²) < 4.78 is 31.3. The Kier molecular flexibility index (Phi) is 11.5. The lowest BCUT2D eigenvalue weighted by Gasteiger charge is -2.25. The summed E-state index contributed by atoms with van der Waals surface area (Å²) >= 11 is 0. The normalized spacial score (nSPS) is 11.8. The highest BCUT2D eigenvalue weighted by molar-refractivity contribution is 5.87. The number of hydrogen-bond acceptors (Lipinski definition) is 7. The number of hydrogen-bond donors (Lipinski definition) is 1. The average Bonchev–Trinajstić information content (AvgIpc) is 2.96. The second-order valence-electron chi connectivity index (χ2n) is 10.5. The molecule has 0 amide bonds. The number of ether oxygens (including phenoxy) is 3. The first-order valence-electron chi connectivity index (χ1n) is 13.6. The third kappa shape index (κ3) is 8.81. The number of nitrogens with one attached hydrogen (secondary N) is 1. The van der Waals surface area contributed by atoms with E-state index in [0.717, 1.165) is 45.6 Å². The molecule has 0 spiro atoms. The van der Waals surface area contributed by atoms with E-state index < -0.39 is 0 Å². The molecule has 0 aliphatic carbocycles. The number of rotatable bonds is 15. The molecule has 0 heterocycles. The number of carbonyl (C=O) groups excluding carboxylic acids is 1. The van der Waals surface area contributed by atoms with Gasteiger partial charge in [0.2, 0.25) is 0 Å². The number of aldehydes is 1. The highest BCUT2D eigenvalue weighted by atomic mass is 19.1. The van der Waals surface area contributed by atoms with Crippen molar-refractivity contribution in [3.8, 4) is 28.4 Å². The zero-order chi connectivity index (χ0) is 30.8. The Hall–Kier alpha value is -4.37. The third-order valence-corrected chi connectivity index (χ3v) is 6.73. The van der Waals surface area contributed by atoms with Crippen molar-refractivity contribution in [2.24, 2.45) is 0 Å². The zero-order valence-corrected chi connectivity index (χ0v) is 25.5. The Balaban J connectivity index is 1.90. The summed E-state index contributed by atoms with van der Waals surface area (Å²) in [5.41, 5.74) is 4.62. The first-order valence-corrected chi connectivity index (χ1v) is 13.6. The SMILES string of the molecule is COc1cc(CN(C)CC(C)Oc2c(C=O)cc(CN(C)/C=C\N(C)C=N)cc2-c2ccc(F)cc2C)cc(OC)c1. The van der Waals surface area contributed by atoms with Crippen molar-refractivity contribution in [3.63, 3.8) is 0 Å². The van der Waals surface area contributed by atoms with E-state index in [-0.39, 0.29) is 11.9 Å². The lowest BCUT2D eigenvalue weighted by Crippen LogP contribution is -2.31. The molecule has 0 aromatic heterocycles. The van der Waals surface area contributed by atoms with Gasteiger partial charge in [-0.05, 0) is 79.5 Å². The average molecular weight is 577 g/mol. The fourth-order valence-corrected chi connectivity index (χ4v) is 4.77. The molecular weight excluding hydrogens is 535 g/mol. The van der Waals surface area contributed by atoms with Crippen LogP contribution >= 0.6 is 0 Å². The molecule has 3 aromatic carbocycles. The van der Waals surface area contributed by atoms with E-state index in [0.29, 0.717) is 30.9 Å². The number of methoxy groups -OCH3 is 2. The van der Waals surface area contributed by atoms with Crippen molar-refractivity contribution in [1.82, 2.24) is 14.7 Å². The Bertz CT molecular complexity index is 1390. The summed E-state index contributed by atoms with van der Waals surface area (Å²) in [7, 11) is 8.94. The van der Waals surface area contributed by atoms with Crippen molar-refractivity contribution in [2.75, 3.05) is 41.9 Å². The van der Waals surface area contributed by atoms with Gasteiger partial charge in [-0.2, -0.15) is 0 Å². The number of aryl methyl sites for hydroxylation is 1. The van der Waals surface area contributed by atoms with Crippen LogP contribution in [0.25, 0.3) is 11.1 Å². The molecule has 1 unspecified atom stereocenters. The molecule has 0 radical (unpaired) electrons. The lowest BCUT2D eigenvalue weighted by molar-refractivity contribution is 0.111. The van der Waals surface area contributed by atoms with Gasteiger partial charge in [-0.3, -0.25) is 15.1 Å². The standard InChI is InChI=1S/C33H41FN4O4/c1-23-12-28(34)8-9-31(23)32-16-25(19-36(3)10-11-37(4)22-35)13-27(21-39)33(32)42-24(2)18-38(5)20-26-14-29(40-6)17-30(15-26)41-7/h8-17,21-22,24,35H,18-20H2,1-7H3/b11-10-,35-22?. The molecule has 42 heavy (non-hydrogen) atoms. The van der Waals surface area contributed by atoms with Gasteiger partial charge in [-0.25, -0.2) is 4.39 Å². The molecule has 3 rings (SSSR count). The van der Waals surface area contributed by atoms with Gasteiger partial charge in [0.15, 0.2) is 6.29 Å². The van der Waals surface area contributed by atoms with Gasteiger partial charge < -0.3 is 24.0 Å². The van der Waals surface area contributed by atoms with Crippen molar-refractivity contribution in [2.45, 2.75) is 33.0 Å². The van der Waals surface area contributed by atoms with Gasteiger partial charge in [-0.1, -0.05) is 6.07 Å². The first kappa shape index (κ1) is 32.1. The second kappa shape index (κ2) is 15.0. The second-order valence-corrected chi connectivity index (χ2v) is 10.5. The number of carbonyl (C=O) groups is 1. The number of benzene rings is 3. The fraction of sp³-hybridized carbons (Fsp3) is 0.333. The molecule has 0 saturated carbocycles. The summed E-state index contributed by atoms with van der Waals surface area (Å²) in [6, 6.07) is 14.2. The van der Waals surface area contributed by atoms with E-state index in [1.807, 2.05) is 69.4 Å². The lowest BCUT2D eigenvalue weighted by atomic mass is 9.95. The van der Waals surface area contributed by atoms with E-state index in [4.69, 9.17) is 19.6 Å². The molecule has 3 aromatic rings. The molecule has 0 saturated heterocycles. The minimum absolute atomic E-state index is 0.270. The van der Waals surface area contributed by atoms with Crippen molar-refractivity contribution >= 4 is 12.6 Å². The van der Waals surface area contributed by atoms with Crippen LogP contribution in [0, 0.1) is 18.2 Å². The molecule has 0 aliphatic rings. The van der Waals surface area contributed by atoms with Crippen LogP contribution < -0.4 is 14.2 Å². The van der Waals surface area contributed by atoms with Crippen LogP contribution in [0.15, 0.2) is 60.9 Å². The van der Waals surface area contributed by atoms with Crippen LogP contribution in [0.2, 0.25) is 0 Å². The fourth-order valence-electron chi connectivity index (χ4n) is 4.77. The molecule has 1 N–H and O–H groups in total. The van der Waals surface area contributed by atoms with E-state index in [1.54, 1.807) is 38.4 Å². The molecule has 0 aliphatic heterocycles. The van der Waals surface area contributed by atoms with Gasteiger partial charge in [0.1, 0.15) is 29.2 Å². The molecule has 224 valence electrons. The summed E-state index contributed by atoms with van der Waals surface area (Å²) in [5.74, 6) is 1.59. The molecule has 1 atom stereocenters. The maximum Gasteiger partial charge on any atom is 0.153 e. The van der Waals surface area contributed by atoms with E-state index in [1.165, 1.54) is 18.5 Å². The molecule has 8 nitrogen and oxygen atoms in total. The number of halogens is 1. The van der Waals surface area contributed by atoms with E-state index in [2.05, 4.69) is 4.90 Å². The maximum absolute atomic E-state index is 14.0. The van der Waals surface area contributed by atoms with Crippen LogP contribution in [0.1, 0.15) is 34.0 Å². The van der Waals surface area contributed by atoms with Crippen LogP contribution in [-0.2, 0) is 13.1 Å². The van der Waals surface area contributed by atoms with Gasteiger partial charge in [-0.15, -0.1) is 0 Å². The zero-order valence-electron chi connectivity index (χ0n) is 25.5. The van der Waals surface area contributed by atoms with Gasteiger partial charge in [0, 0.05) is 57.8 Å². The molecular formula is C33H41FN4O4. The van der Waals surface area contributed by atoms with Gasteiger partial charge >= 0.3 is 0 Å². The van der Waals surface area contributed by atoms with Crippen LogP contribution in [0.5, 0.6) is 17.2 Å².